The molecule has 1 aliphatic carbocycles. The zero-order valence-electron chi connectivity index (χ0n) is 11.8. The highest BCUT2D eigenvalue weighted by atomic mass is 19.1. The topological polar surface area (TPSA) is 29.5 Å². The Kier molecular flexibility index (Phi) is 3.40. The maximum Gasteiger partial charge on any atom is 0.142 e. The van der Waals surface area contributed by atoms with E-state index in [0.29, 0.717) is 5.41 Å². The van der Waals surface area contributed by atoms with Crippen LogP contribution in [0.2, 0.25) is 0 Å². The monoisotopic (exact) mass is 277 g/mol. The van der Waals surface area contributed by atoms with Gasteiger partial charge in [-0.2, -0.15) is 0 Å². The molecule has 0 amide bonds. The summed E-state index contributed by atoms with van der Waals surface area (Å²) in [5.74, 6) is 0.762. The van der Waals surface area contributed by atoms with Gasteiger partial charge in [0.15, 0.2) is 0 Å². The number of benzene rings is 1. The lowest BCUT2D eigenvalue weighted by Gasteiger charge is -2.51. The van der Waals surface area contributed by atoms with Crippen LogP contribution in [0, 0.1) is 17.2 Å². The second-order valence-electron chi connectivity index (χ2n) is 6.11. The van der Waals surface area contributed by atoms with E-state index in [9.17, 15) is 9.18 Å². The molecule has 0 N–H and O–H groups in total. The molecule has 1 spiro atoms. The van der Waals surface area contributed by atoms with E-state index in [-0.39, 0.29) is 11.7 Å². The van der Waals surface area contributed by atoms with Gasteiger partial charge in [-0.05, 0) is 43.2 Å². The Labute approximate surface area is 118 Å². The lowest BCUT2D eigenvalue weighted by Crippen LogP contribution is -2.47. The Morgan fingerprint density at radius 3 is 2.65 bits per heavy atom. The van der Waals surface area contributed by atoms with Crippen LogP contribution >= 0.6 is 0 Å². The molecule has 0 bridgehead atoms. The minimum Gasteiger partial charge on any atom is -0.495 e. The SMILES string of the molecule is COc1ccc(F)cc1N1CCC2(CC1)CC(C=O)C2. The highest BCUT2D eigenvalue weighted by molar-refractivity contribution is 5.59. The van der Waals surface area contributed by atoms with Gasteiger partial charge in [-0.15, -0.1) is 0 Å². The Morgan fingerprint density at radius 1 is 1.35 bits per heavy atom. The number of aldehydes is 1. The third-order valence-corrected chi connectivity index (χ3v) is 4.89. The summed E-state index contributed by atoms with van der Waals surface area (Å²) in [5, 5.41) is 0. The number of halogens is 1. The number of methoxy groups -OCH3 is 1. The zero-order chi connectivity index (χ0) is 14.2. The largest absolute Gasteiger partial charge is 0.495 e. The molecule has 20 heavy (non-hydrogen) atoms. The van der Waals surface area contributed by atoms with E-state index in [2.05, 4.69) is 4.90 Å². The van der Waals surface area contributed by atoms with Gasteiger partial charge in [-0.25, -0.2) is 4.39 Å². The molecular weight excluding hydrogens is 257 g/mol. The van der Waals surface area contributed by atoms with Crippen LogP contribution in [0.3, 0.4) is 0 Å². The third-order valence-electron chi connectivity index (χ3n) is 4.89. The van der Waals surface area contributed by atoms with Gasteiger partial charge in [-0.1, -0.05) is 0 Å². The summed E-state index contributed by atoms with van der Waals surface area (Å²) in [4.78, 5) is 12.9. The first-order chi connectivity index (χ1) is 9.65. The van der Waals surface area contributed by atoms with Crippen molar-refractivity contribution in [3.05, 3.63) is 24.0 Å². The summed E-state index contributed by atoms with van der Waals surface area (Å²) in [6.07, 6.45) is 5.32. The summed E-state index contributed by atoms with van der Waals surface area (Å²) < 4.78 is 18.8. The molecule has 1 heterocycles. The molecule has 108 valence electrons. The molecule has 0 unspecified atom stereocenters. The van der Waals surface area contributed by atoms with Gasteiger partial charge in [-0.3, -0.25) is 0 Å². The Morgan fingerprint density at radius 2 is 2.05 bits per heavy atom. The fourth-order valence-corrected chi connectivity index (χ4v) is 3.69. The number of carbonyl (C=O) groups is 1. The summed E-state index contributed by atoms with van der Waals surface area (Å²) >= 11 is 0. The smallest absolute Gasteiger partial charge is 0.142 e. The second-order valence-corrected chi connectivity index (χ2v) is 6.11. The molecule has 0 atom stereocenters. The van der Waals surface area contributed by atoms with Gasteiger partial charge in [0.1, 0.15) is 17.9 Å². The van der Waals surface area contributed by atoms with E-state index in [1.54, 1.807) is 19.2 Å². The quantitative estimate of drug-likeness (QED) is 0.795. The zero-order valence-corrected chi connectivity index (χ0v) is 11.8. The molecule has 1 aromatic rings. The van der Waals surface area contributed by atoms with Crippen LogP contribution in [-0.2, 0) is 4.79 Å². The van der Waals surface area contributed by atoms with Crippen molar-refractivity contribution in [2.24, 2.45) is 11.3 Å². The van der Waals surface area contributed by atoms with Crippen molar-refractivity contribution in [1.29, 1.82) is 0 Å². The number of rotatable bonds is 3. The highest BCUT2D eigenvalue weighted by Crippen LogP contribution is 2.52. The molecule has 1 aliphatic heterocycles. The van der Waals surface area contributed by atoms with Crippen LogP contribution in [0.25, 0.3) is 0 Å². The van der Waals surface area contributed by atoms with Crippen molar-refractivity contribution in [2.75, 3.05) is 25.1 Å². The average Bonchev–Trinajstić information content (AvgIpc) is 2.45. The first kappa shape index (κ1) is 13.4. The summed E-state index contributed by atoms with van der Waals surface area (Å²) in [6.45, 7) is 1.82. The molecule has 2 aliphatic rings. The Hall–Kier alpha value is -1.58. The molecule has 3 nitrogen and oxygen atoms in total. The van der Waals surface area contributed by atoms with Gasteiger partial charge in [0, 0.05) is 25.1 Å². The fourth-order valence-electron chi connectivity index (χ4n) is 3.69. The van der Waals surface area contributed by atoms with Crippen molar-refractivity contribution in [3.8, 4) is 5.75 Å². The van der Waals surface area contributed by atoms with E-state index in [4.69, 9.17) is 4.74 Å². The van der Waals surface area contributed by atoms with E-state index in [0.717, 1.165) is 56.5 Å². The van der Waals surface area contributed by atoms with Crippen molar-refractivity contribution in [3.63, 3.8) is 0 Å². The number of nitrogens with zero attached hydrogens (tertiary/aromatic N) is 1. The normalized spacial score (nSPS) is 21.6. The first-order valence-corrected chi connectivity index (χ1v) is 7.20. The van der Waals surface area contributed by atoms with Gasteiger partial charge in [0.2, 0.25) is 0 Å². The summed E-state index contributed by atoms with van der Waals surface area (Å²) in [7, 11) is 1.61. The summed E-state index contributed by atoms with van der Waals surface area (Å²) in [5.41, 5.74) is 1.21. The van der Waals surface area contributed by atoms with Crippen molar-refractivity contribution in [1.82, 2.24) is 0 Å². The predicted molar refractivity (Wildman–Crippen MR) is 75.6 cm³/mol. The van der Waals surface area contributed by atoms with Gasteiger partial charge >= 0.3 is 0 Å². The average molecular weight is 277 g/mol. The molecule has 1 saturated carbocycles. The minimum atomic E-state index is -0.231. The maximum atomic E-state index is 13.4. The molecule has 2 fully saturated rings. The first-order valence-electron chi connectivity index (χ1n) is 7.20. The van der Waals surface area contributed by atoms with E-state index >= 15 is 0 Å². The number of piperidine rings is 1. The van der Waals surface area contributed by atoms with Crippen LogP contribution in [0.4, 0.5) is 10.1 Å². The van der Waals surface area contributed by atoms with Crippen LogP contribution in [-0.4, -0.2) is 26.5 Å². The lowest BCUT2D eigenvalue weighted by molar-refractivity contribution is -0.118. The summed E-state index contributed by atoms with van der Waals surface area (Å²) in [6, 6.07) is 4.65. The van der Waals surface area contributed by atoms with Crippen molar-refractivity contribution < 1.29 is 13.9 Å². The van der Waals surface area contributed by atoms with E-state index < -0.39 is 0 Å². The van der Waals surface area contributed by atoms with Crippen molar-refractivity contribution in [2.45, 2.75) is 25.7 Å². The molecule has 0 aromatic heterocycles. The standard InChI is InChI=1S/C16H20FNO2/c1-20-15-3-2-13(17)8-14(15)18-6-4-16(5-7-18)9-12(10-16)11-19/h2-3,8,11-12H,4-7,9-10H2,1H3. The van der Waals surface area contributed by atoms with Crippen LogP contribution in [0.5, 0.6) is 5.75 Å². The molecule has 3 rings (SSSR count). The maximum absolute atomic E-state index is 13.4. The molecule has 1 aromatic carbocycles. The number of carbonyl (C=O) groups excluding carboxylic acids is 1. The van der Waals surface area contributed by atoms with Crippen molar-refractivity contribution >= 4 is 12.0 Å². The van der Waals surface area contributed by atoms with Gasteiger partial charge in [0.25, 0.3) is 0 Å². The van der Waals surface area contributed by atoms with Gasteiger partial charge in [0.05, 0.1) is 12.8 Å². The van der Waals surface area contributed by atoms with Crippen LogP contribution < -0.4 is 9.64 Å². The number of hydrogen-bond acceptors (Lipinski definition) is 3. The molecule has 1 saturated heterocycles. The lowest BCUT2D eigenvalue weighted by atomic mass is 9.58. The van der Waals surface area contributed by atoms with E-state index in [1.807, 2.05) is 0 Å². The van der Waals surface area contributed by atoms with Crippen LogP contribution in [0.1, 0.15) is 25.7 Å². The second kappa shape index (κ2) is 5.08. The molecular formula is C16H20FNO2. The number of anilines is 1. The number of hydrogen-bond donors (Lipinski definition) is 0. The van der Waals surface area contributed by atoms with Gasteiger partial charge < -0.3 is 14.4 Å². The van der Waals surface area contributed by atoms with E-state index in [1.165, 1.54) is 6.07 Å². The van der Waals surface area contributed by atoms with Crippen LogP contribution in [0.15, 0.2) is 18.2 Å². The molecule has 4 heteroatoms. The fraction of sp³-hybridized carbons (Fsp3) is 0.562. The minimum absolute atomic E-state index is 0.231. The number of ether oxygens (including phenoxy) is 1. The Bertz CT molecular complexity index is 501. The molecule has 0 radical (unpaired) electrons. The Balaban J connectivity index is 1.69. The predicted octanol–water partition coefficient (Wildman–Crippen LogP) is 3.03. The highest BCUT2D eigenvalue weighted by Gasteiger charge is 2.45. The third kappa shape index (κ3) is 2.28.